The van der Waals surface area contributed by atoms with Gasteiger partial charge in [-0.1, -0.05) is 246 Å². The van der Waals surface area contributed by atoms with E-state index in [-0.39, 0.29) is 17.7 Å². The Labute approximate surface area is 756 Å². The van der Waals surface area contributed by atoms with E-state index in [1.807, 2.05) is 52.6 Å². The molecule has 0 N–H and O–H groups in total. The minimum Gasteiger partial charge on any atom is -0.381 e. The lowest BCUT2D eigenvalue weighted by molar-refractivity contribution is -0.135. The highest BCUT2D eigenvalue weighted by Crippen LogP contribution is 2.33. The third kappa shape index (κ3) is 32.6. The first-order chi connectivity index (χ1) is 60.4. The van der Waals surface area contributed by atoms with Crippen LogP contribution in [-0.2, 0) is 58.3 Å². The summed E-state index contributed by atoms with van der Waals surface area (Å²) in [6.07, 6.45) is 27.6. The van der Waals surface area contributed by atoms with Gasteiger partial charge in [-0.05, 0) is 228 Å². The molecule has 126 heavy (non-hydrogen) atoms. The van der Waals surface area contributed by atoms with Crippen molar-refractivity contribution in [2.45, 2.75) is 269 Å². The predicted octanol–water partition coefficient (Wildman–Crippen LogP) is 24.3. The zero-order valence-corrected chi connectivity index (χ0v) is 80.0. The van der Waals surface area contributed by atoms with Crippen LogP contribution in [-0.4, -0.2) is 134 Å². The van der Waals surface area contributed by atoms with Crippen LogP contribution in [0.1, 0.15) is 310 Å². The molecule has 3 amide bonds. The second-order valence-electron chi connectivity index (χ2n) is 38.0. The maximum atomic E-state index is 11.3. The number of pyridine rings is 2. The molecule has 11 aromatic rings. The van der Waals surface area contributed by atoms with Crippen LogP contribution in [0.15, 0.2) is 195 Å². The van der Waals surface area contributed by atoms with Gasteiger partial charge >= 0.3 is 0 Å². The van der Waals surface area contributed by atoms with Gasteiger partial charge in [0.2, 0.25) is 17.7 Å². The van der Waals surface area contributed by atoms with E-state index in [0.717, 1.165) is 155 Å². The lowest BCUT2D eigenvalue weighted by Crippen LogP contribution is -2.49. The van der Waals surface area contributed by atoms with Crippen LogP contribution < -0.4 is 0 Å². The molecule has 17 heteroatoms. The summed E-state index contributed by atoms with van der Waals surface area (Å²) in [5.41, 5.74) is 22.3. The summed E-state index contributed by atoms with van der Waals surface area (Å²) >= 11 is 0. The van der Waals surface area contributed by atoms with Gasteiger partial charge < -0.3 is 24.0 Å². The van der Waals surface area contributed by atoms with Crippen molar-refractivity contribution in [2.75, 3.05) is 52.5 Å². The molecule has 16 rings (SSSR count). The quantitative estimate of drug-likeness (QED) is 0.0701. The van der Waals surface area contributed by atoms with Gasteiger partial charge in [-0.25, -0.2) is 34.9 Å². The first kappa shape index (κ1) is 99.5. The van der Waals surface area contributed by atoms with Gasteiger partial charge in [-0.2, -0.15) is 0 Å². The Bertz CT molecular complexity index is 4990. The fourth-order valence-electron chi connectivity index (χ4n) is 16.5. The van der Waals surface area contributed by atoms with E-state index in [0.29, 0.717) is 71.0 Å². The van der Waals surface area contributed by atoms with Crippen molar-refractivity contribution in [1.82, 2.24) is 64.1 Å². The van der Waals surface area contributed by atoms with Crippen LogP contribution >= 0.6 is 0 Å². The summed E-state index contributed by atoms with van der Waals surface area (Å²) in [5, 5.41) is 1.23. The van der Waals surface area contributed by atoms with Crippen LogP contribution in [0.25, 0.3) is 33.1 Å². The van der Waals surface area contributed by atoms with E-state index < -0.39 is 0 Å². The van der Waals surface area contributed by atoms with Gasteiger partial charge in [-0.3, -0.25) is 24.4 Å². The Balaban J connectivity index is 0.000000164. The summed E-state index contributed by atoms with van der Waals surface area (Å²) in [5.74, 6) is 8.48. The number of likely N-dealkylation sites (tertiary alicyclic amines) is 3. The number of carbonyl (C=O) groups excluding carboxylic acids is 3. The highest BCUT2D eigenvalue weighted by molar-refractivity contribution is 5.83. The number of benzene rings is 5. The van der Waals surface area contributed by atoms with Gasteiger partial charge in [0.05, 0.1) is 36.1 Å². The number of piperidine rings is 2. The van der Waals surface area contributed by atoms with Gasteiger partial charge in [0.25, 0.3) is 0 Å². The number of hydrogen-bond acceptors (Lipinski definition) is 13. The average Bonchev–Trinajstić information content (AvgIpc) is 1.72. The second-order valence-corrected chi connectivity index (χ2v) is 38.0. The molecule has 6 aromatic heterocycles. The number of rotatable bonds is 20. The molecule has 17 nitrogen and oxygen atoms in total. The third-order valence-corrected chi connectivity index (χ3v) is 25.0. The van der Waals surface area contributed by atoms with Crippen molar-refractivity contribution in [3.63, 3.8) is 0 Å². The molecule has 0 atom stereocenters. The number of para-hydroxylation sites is 1. The number of carbonyl (C=O) groups is 3. The topological polar surface area (TPSA) is 191 Å². The Hall–Kier alpha value is -10.3. The van der Waals surface area contributed by atoms with Crippen LogP contribution in [0.3, 0.4) is 0 Å². The Kier molecular flexibility index (Phi) is 40.2. The smallest absolute Gasteiger partial charge is 0.219 e. The number of aryl methyl sites for hydroxylation is 2. The molecule has 674 valence electrons. The lowest BCUT2D eigenvalue weighted by Gasteiger charge is -2.38. The van der Waals surface area contributed by atoms with Crippen LogP contribution in [0.5, 0.6) is 0 Å². The number of imidazole rings is 1. The van der Waals surface area contributed by atoms with Crippen molar-refractivity contribution in [3.8, 4) is 11.1 Å². The summed E-state index contributed by atoms with van der Waals surface area (Å²) < 4.78 is 7.20. The van der Waals surface area contributed by atoms with Crippen LogP contribution in [0.4, 0.5) is 0 Å². The molecule has 5 fully saturated rings. The standard InChI is InChI=1S/C17H18N2.C16H24N2O.C16H24.C15H23N3O.C13H19N3O.C12H13N.C11H16N2O.C9H12/c1-12(2)13-5-4-6-14(9-13)15-7-8-16-17(10-15)19(3)11-18-16;1-12(2)15-4-7-17-16(11-15)10-14-5-8-18(9-6-14)13(3)19;1-13(2)16-9-5-8-15(12-16)11-10-14-6-3-4-7-14;1-11(2)15-9-14(16-10-17-15)8-13-4-6-18(7-5-13)12(3)19;1-9(2)13-5-12(14-8-15-13)4-11-6-16(7-11)10(3)17;1-9(2)11-7-3-5-10-6-4-8-13-12(10)11;1-8(2)11-4-10(12-7-13-11)3-9-5-14-6-9;1-8(2)9-6-4-3-5-7-9/h4-12H,1-3H3;4,7,11-12,14H,5-6,8-10H2,1-3H3;5,8-9,12-14H,3-4,6-7,10-11H2,1-2H3;9-11,13H,4-8H2,1-3H3;5,8-9,11H,4,6-7H2,1-3H3;3-9H,1-2H3;4,7-9H,3,5-6H2,1-2H3;3-8H,1-2H3. The predicted molar refractivity (Wildman–Crippen MR) is 519 cm³/mol. The molecule has 1 aliphatic carbocycles. The van der Waals surface area contributed by atoms with Crippen molar-refractivity contribution in [3.05, 3.63) is 269 Å². The molecule has 5 aliphatic rings. The molecule has 0 spiro atoms. The van der Waals surface area contributed by atoms with E-state index >= 15 is 0 Å². The lowest BCUT2D eigenvalue weighted by atomic mass is 9.91. The van der Waals surface area contributed by atoms with Crippen LogP contribution in [0, 0.1) is 29.6 Å². The molecule has 1 saturated carbocycles. The number of nitrogens with zero attached hydrogens (tertiary/aromatic N) is 13. The van der Waals surface area contributed by atoms with Crippen LogP contribution in [0.2, 0.25) is 0 Å². The molecule has 0 bridgehead atoms. The highest BCUT2D eigenvalue weighted by atomic mass is 16.5. The van der Waals surface area contributed by atoms with Gasteiger partial charge in [-0.15, -0.1) is 0 Å². The largest absolute Gasteiger partial charge is 0.381 e. The summed E-state index contributed by atoms with van der Waals surface area (Å²) in [4.78, 5) is 78.4. The van der Waals surface area contributed by atoms with Crippen molar-refractivity contribution in [1.29, 1.82) is 0 Å². The maximum absolute atomic E-state index is 11.3. The van der Waals surface area contributed by atoms with E-state index in [9.17, 15) is 14.4 Å². The number of ether oxygens (including phenoxy) is 1. The van der Waals surface area contributed by atoms with Crippen molar-refractivity contribution < 1.29 is 19.1 Å². The summed E-state index contributed by atoms with van der Waals surface area (Å²) in [6, 6.07) is 56.0. The summed E-state index contributed by atoms with van der Waals surface area (Å²) in [6.45, 7) is 47.1. The number of amides is 3. The first-order valence-electron chi connectivity index (χ1n) is 47.1. The normalized spacial score (nSPS) is 14.9. The fourth-order valence-corrected chi connectivity index (χ4v) is 16.5. The molecule has 4 saturated heterocycles. The Morgan fingerprint density at radius 3 is 1.32 bits per heavy atom. The van der Waals surface area contributed by atoms with E-state index in [1.54, 1.807) is 39.8 Å². The van der Waals surface area contributed by atoms with E-state index in [2.05, 4.69) is 306 Å². The van der Waals surface area contributed by atoms with Gasteiger partial charge in [0.1, 0.15) is 19.0 Å². The third-order valence-electron chi connectivity index (χ3n) is 25.0. The molecule has 10 heterocycles. The molecular formula is C109H149N13O4. The van der Waals surface area contributed by atoms with Crippen molar-refractivity contribution in [2.24, 2.45) is 36.6 Å². The van der Waals surface area contributed by atoms with Gasteiger partial charge in [0.15, 0.2) is 0 Å². The minimum atomic E-state index is 0.173. The van der Waals surface area contributed by atoms with E-state index in [4.69, 9.17) is 4.74 Å². The fraction of sp³-hybridized carbons (Fsp3) is 0.505. The number of fused-ring (bicyclic) bond motifs is 2. The zero-order chi connectivity index (χ0) is 90.8. The molecular weight excluding hydrogens is 1560 g/mol. The molecule has 0 radical (unpaired) electrons. The average molecular weight is 1710 g/mol. The summed E-state index contributed by atoms with van der Waals surface area (Å²) in [7, 11) is 2.03. The maximum Gasteiger partial charge on any atom is 0.219 e. The Morgan fingerprint density at radius 2 is 0.833 bits per heavy atom. The SMILES string of the molecule is CC(=O)N1CC(Cc2cc(C(C)C)ncn2)C1.CC(=O)N1CCC(Cc2cc(C(C)C)ccn2)CC1.CC(=O)N1CCC(Cc2cc(C(C)C)ncn2)CC1.CC(C)c1cc(CC2COC2)ncn1.CC(C)c1cccc(-c2ccc3ncn(C)c3c2)c1.CC(C)c1cccc(CCC2CCCC2)c1.CC(C)c1cccc2cccnc12.CC(C)c1ccccc1. The minimum absolute atomic E-state index is 0.173. The van der Waals surface area contributed by atoms with Gasteiger partial charge in [0, 0.05) is 131 Å². The van der Waals surface area contributed by atoms with Crippen molar-refractivity contribution >= 4 is 39.7 Å². The molecule has 4 aliphatic heterocycles. The number of aromatic nitrogens is 10. The first-order valence-corrected chi connectivity index (χ1v) is 47.1. The van der Waals surface area contributed by atoms with E-state index in [1.165, 1.54) is 99.6 Å². The second kappa shape index (κ2) is 50.9. The zero-order valence-electron chi connectivity index (χ0n) is 80.0. The monoisotopic (exact) mass is 1700 g/mol. The number of hydrogen-bond donors (Lipinski definition) is 0. The molecule has 5 aromatic carbocycles. The highest BCUT2D eigenvalue weighted by Gasteiger charge is 2.30. The Morgan fingerprint density at radius 1 is 0.373 bits per heavy atom. The molecule has 0 unspecified atom stereocenters.